The number of amides is 1. The number of para-hydroxylation sites is 1. The van der Waals surface area contributed by atoms with E-state index in [4.69, 9.17) is 9.84 Å². The van der Waals surface area contributed by atoms with Crippen molar-refractivity contribution in [1.29, 1.82) is 0 Å². The van der Waals surface area contributed by atoms with Crippen molar-refractivity contribution in [2.24, 2.45) is 0 Å². The Bertz CT molecular complexity index is 1370. The van der Waals surface area contributed by atoms with Crippen LogP contribution in [-0.2, 0) is 22.9 Å². The standard InChI is InChI=1S/C26H30N4O4S/c1-18-9-4-5-11-22(18)30-23-12-8-10-20(23)25(28-30)26(31)27-21-17-19(13-14-24(21)34-2)35(32,33)29-15-6-3-7-16-29/h4-5,9,11,13-14,17H,3,6-8,10,12,15-16H2,1-2H3,(H,27,31). The van der Waals surface area contributed by atoms with Crippen LogP contribution < -0.4 is 10.1 Å². The van der Waals surface area contributed by atoms with Gasteiger partial charge in [0.05, 0.1) is 23.4 Å². The first-order valence-corrected chi connectivity index (χ1v) is 13.5. The molecule has 184 valence electrons. The summed E-state index contributed by atoms with van der Waals surface area (Å²) in [6.45, 7) is 3.05. The average molecular weight is 495 g/mol. The van der Waals surface area contributed by atoms with Crippen LogP contribution in [0.3, 0.4) is 0 Å². The number of carbonyl (C=O) groups is 1. The predicted octanol–water partition coefficient (Wildman–Crippen LogP) is 4.10. The lowest BCUT2D eigenvalue weighted by Gasteiger charge is -2.26. The van der Waals surface area contributed by atoms with Gasteiger partial charge in [-0.15, -0.1) is 0 Å². The van der Waals surface area contributed by atoms with E-state index < -0.39 is 10.0 Å². The molecule has 1 fully saturated rings. The molecule has 0 spiro atoms. The molecule has 3 aromatic rings. The normalized spacial score (nSPS) is 16.2. The number of methoxy groups -OCH3 is 1. The summed E-state index contributed by atoms with van der Waals surface area (Å²) in [4.78, 5) is 13.6. The van der Waals surface area contributed by atoms with Gasteiger partial charge in [0.1, 0.15) is 5.75 Å². The zero-order valence-corrected chi connectivity index (χ0v) is 20.9. The van der Waals surface area contributed by atoms with Gasteiger partial charge in [-0.1, -0.05) is 24.6 Å². The molecule has 8 nitrogen and oxygen atoms in total. The fraction of sp³-hybridized carbons (Fsp3) is 0.385. The molecule has 5 rings (SSSR count). The van der Waals surface area contributed by atoms with Crippen molar-refractivity contribution in [3.63, 3.8) is 0 Å². The maximum absolute atomic E-state index is 13.4. The minimum Gasteiger partial charge on any atom is -0.495 e. The topological polar surface area (TPSA) is 93.5 Å². The van der Waals surface area contributed by atoms with Crippen LogP contribution in [-0.4, -0.2) is 48.6 Å². The third-order valence-electron chi connectivity index (χ3n) is 6.86. The van der Waals surface area contributed by atoms with Gasteiger partial charge in [-0.25, -0.2) is 13.1 Å². The molecule has 0 bridgehead atoms. The smallest absolute Gasteiger partial charge is 0.276 e. The van der Waals surface area contributed by atoms with E-state index in [-0.39, 0.29) is 10.8 Å². The maximum Gasteiger partial charge on any atom is 0.276 e. The van der Waals surface area contributed by atoms with Gasteiger partial charge in [-0.3, -0.25) is 4.79 Å². The number of hydrogen-bond donors (Lipinski definition) is 1. The minimum absolute atomic E-state index is 0.145. The molecule has 1 aliphatic carbocycles. The van der Waals surface area contributed by atoms with Crippen LogP contribution >= 0.6 is 0 Å². The molecule has 1 aliphatic heterocycles. The second-order valence-corrected chi connectivity index (χ2v) is 11.0. The molecule has 2 aliphatic rings. The zero-order valence-electron chi connectivity index (χ0n) is 20.1. The summed E-state index contributed by atoms with van der Waals surface area (Å²) >= 11 is 0. The first kappa shape index (κ1) is 23.6. The second kappa shape index (κ2) is 9.47. The molecule has 0 unspecified atom stereocenters. The molecule has 0 saturated carbocycles. The number of anilines is 1. The van der Waals surface area contributed by atoms with Gasteiger partial charge < -0.3 is 10.1 Å². The van der Waals surface area contributed by atoms with E-state index in [0.717, 1.165) is 61.0 Å². The Morgan fingerprint density at radius 1 is 1.03 bits per heavy atom. The Hall–Kier alpha value is -3.17. The predicted molar refractivity (Wildman–Crippen MR) is 134 cm³/mol. The number of benzene rings is 2. The summed E-state index contributed by atoms with van der Waals surface area (Å²) in [5.74, 6) is 0.0206. The van der Waals surface area contributed by atoms with Crippen LogP contribution in [0, 0.1) is 6.92 Å². The van der Waals surface area contributed by atoms with E-state index in [1.54, 1.807) is 6.07 Å². The molecule has 2 heterocycles. The number of sulfonamides is 1. The Balaban J connectivity index is 1.48. The highest BCUT2D eigenvalue weighted by atomic mass is 32.2. The maximum atomic E-state index is 13.4. The van der Waals surface area contributed by atoms with Crippen molar-refractivity contribution < 1.29 is 17.9 Å². The van der Waals surface area contributed by atoms with Crippen LogP contribution in [0.4, 0.5) is 5.69 Å². The summed E-state index contributed by atoms with van der Waals surface area (Å²) in [7, 11) is -2.15. The first-order valence-electron chi connectivity index (χ1n) is 12.1. The summed E-state index contributed by atoms with van der Waals surface area (Å²) < 4.78 is 35.2. The SMILES string of the molecule is COc1ccc(S(=O)(=O)N2CCCCC2)cc1NC(=O)c1nn(-c2ccccc2C)c2c1CCC2. The zero-order chi connectivity index (χ0) is 24.6. The van der Waals surface area contributed by atoms with E-state index >= 15 is 0 Å². The van der Waals surface area contributed by atoms with Crippen molar-refractivity contribution in [2.45, 2.75) is 50.3 Å². The van der Waals surface area contributed by atoms with Gasteiger partial charge in [0.15, 0.2) is 5.69 Å². The van der Waals surface area contributed by atoms with E-state index in [0.29, 0.717) is 30.2 Å². The second-order valence-electron chi connectivity index (χ2n) is 9.11. The number of ether oxygens (including phenoxy) is 1. The first-order chi connectivity index (χ1) is 16.9. The number of fused-ring (bicyclic) bond motifs is 1. The van der Waals surface area contributed by atoms with Crippen LogP contribution in [0.15, 0.2) is 47.4 Å². The third-order valence-corrected chi connectivity index (χ3v) is 8.76. The highest BCUT2D eigenvalue weighted by Crippen LogP contribution is 2.32. The van der Waals surface area contributed by atoms with Crippen molar-refractivity contribution in [3.8, 4) is 11.4 Å². The van der Waals surface area contributed by atoms with Crippen molar-refractivity contribution in [1.82, 2.24) is 14.1 Å². The Morgan fingerprint density at radius 3 is 2.54 bits per heavy atom. The minimum atomic E-state index is -3.65. The summed E-state index contributed by atoms with van der Waals surface area (Å²) in [5.41, 5.74) is 4.71. The molecule has 1 aromatic heterocycles. The Morgan fingerprint density at radius 2 is 1.80 bits per heavy atom. The molecule has 0 radical (unpaired) electrons. The lowest BCUT2D eigenvalue weighted by molar-refractivity contribution is 0.102. The molecular formula is C26H30N4O4S. The molecule has 1 saturated heterocycles. The largest absolute Gasteiger partial charge is 0.495 e. The van der Waals surface area contributed by atoms with Gasteiger partial charge >= 0.3 is 0 Å². The van der Waals surface area contributed by atoms with Gasteiger partial charge in [-0.2, -0.15) is 9.40 Å². The number of nitrogens with one attached hydrogen (secondary N) is 1. The quantitative estimate of drug-likeness (QED) is 0.557. The Labute approximate surface area is 206 Å². The number of carbonyl (C=O) groups excluding carboxylic acids is 1. The number of aromatic nitrogens is 2. The summed E-state index contributed by atoms with van der Waals surface area (Å²) in [6.07, 6.45) is 5.35. The fourth-order valence-corrected chi connectivity index (χ4v) is 6.55. The van der Waals surface area contributed by atoms with E-state index in [1.807, 2.05) is 35.9 Å². The molecule has 1 N–H and O–H groups in total. The van der Waals surface area contributed by atoms with Crippen molar-refractivity contribution >= 4 is 21.6 Å². The lowest BCUT2D eigenvalue weighted by Crippen LogP contribution is -2.35. The van der Waals surface area contributed by atoms with E-state index in [9.17, 15) is 13.2 Å². The van der Waals surface area contributed by atoms with E-state index in [2.05, 4.69) is 5.32 Å². The molecular weight excluding hydrogens is 464 g/mol. The summed E-state index contributed by atoms with van der Waals surface area (Å²) in [5, 5.41) is 7.58. The number of aryl methyl sites for hydroxylation is 1. The molecule has 9 heteroatoms. The van der Waals surface area contributed by atoms with Gasteiger partial charge in [0.25, 0.3) is 5.91 Å². The highest BCUT2D eigenvalue weighted by molar-refractivity contribution is 7.89. The van der Waals surface area contributed by atoms with E-state index in [1.165, 1.54) is 23.5 Å². The molecule has 1 amide bonds. The number of rotatable bonds is 6. The fourth-order valence-electron chi connectivity index (χ4n) is 5.00. The molecule has 2 aromatic carbocycles. The van der Waals surface area contributed by atoms with Gasteiger partial charge in [0.2, 0.25) is 10.0 Å². The van der Waals surface area contributed by atoms with Gasteiger partial charge in [0, 0.05) is 24.3 Å². The van der Waals surface area contributed by atoms with Crippen molar-refractivity contribution in [3.05, 3.63) is 65.0 Å². The van der Waals surface area contributed by atoms with Crippen LogP contribution in [0.5, 0.6) is 5.75 Å². The highest BCUT2D eigenvalue weighted by Gasteiger charge is 2.29. The third kappa shape index (κ3) is 4.34. The van der Waals surface area contributed by atoms with Crippen LogP contribution in [0.2, 0.25) is 0 Å². The number of piperidine rings is 1. The number of nitrogens with zero attached hydrogens (tertiary/aromatic N) is 3. The monoisotopic (exact) mass is 494 g/mol. The summed E-state index contributed by atoms with van der Waals surface area (Å²) in [6, 6.07) is 12.6. The van der Waals surface area contributed by atoms with Crippen molar-refractivity contribution in [2.75, 3.05) is 25.5 Å². The lowest BCUT2D eigenvalue weighted by atomic mass is 10.1. The Kier molecular flexibility index (Phi) is 6.37. The average Bonchev–Trinajstić information content (AvgIpc) is 3.48. The van der Waals surface area contributed by atoms with Crippen LogP contribution in [0.1, 0.15) is 53.0 Å². The molecule has 0 atom stereocenters. The van der Waals surface area contributed by atoms with Crippen LogP contribution in [0.25, 0.3) is 5.69 Å². The number of hydrogen-bond acceptors (Lipinski definition) is 5. The molecule has 35 heavy (non-hydrogen) atoms. The van der Waals surface area contributed by atoms with Gasteiger partial charge in [-0.05, 0) is 68.9 Å².